The van der Waals surface area contributed by atoms with Crippen molar-refractivity contribution < 1.29 is 9.22 Å². The van der Waals surface area contributed by atoms with Gasteiger partial charge in [0.2, 0.25) is 0 Å². The fourth-order valence-corrected chi connectivity index (χ4v) is 4.55. The number of hydrogen-bond donors (Lipinski definition) is 0. The van der Waals surface area contributed by atoms with Gasteiger partial charge in [0.05, 0.1) is 6.10 Å². The van der Waals surface area contributed by atoms with Crippen LogP contribution in [0.3, 0.4) is 0 Å². The summed E-state index contributed by atoms with van der Waals surface area (Å²) in [5.41, 5.74) is 2.51. The van der Waals surface area contributed by atoms with Crippen LogP contribution in [0.15, 0.2) is 54.1 Å². The molecule has 0 heterocycles. The summed E-state index contributed by atoms with van der Waals surface area (Å²) in [6, 6.07) is 15.1. The van der Waals surface area contributed by atoms with Crippen LogP contribution in [-0.4, -0.2) is 20.7 Å². The Balaban J connectivity index is 2.11. The molecule has 152 valence electrons. The Kier molecular flexibility index (Phi) is 7.41. The molecule has 0 aliphatic carbocycles. The molecule has 2 nitrogen and oxygen atoms in total. The van der Waals surface area contributed by atoms with Crippen LogP contribution < -0.4 is 0 Å². The predicted octanol–water partition coefficient (Wildman–Crippen LogP) is 6.94. The van der Waals surface area contributed by atoms with E-state index in [1.165, 1.54) is 21.9 Å². The Hall–Kier alpha value is -1.71. The largest absolute Gasteiger partial charge is 0.410 e. The summed E-state index contributed by atoms with van der Waals surface area (Å²) < 4.78 is 6.62. The van der Waals surface area contributed by atoms with E-state index in [1.54, 1.807) is 0 Å². The SMILES string of the molecule is C/C(=C\CCc1ccc2ccccc2c1)[C@H](O[Si](C)(C)C(C)(C)C)[C@H](C)C=O. The normalized spacial score (nSPS) is 15.5. The Bertz CT molecular complexity index is 830. The van der Waals surface area contributed by atoms with Crippen LogP contribution in [0.25, 0.3) is 10.8 Å². The standard InChI is InChI=1S/C25H36O2Si/c1-19(24(20(2)18-26)27-28(6,7)25(3,4)5)11-10-12-21-15-16-22-13-8-9-14-23(22)17-21/h8-9,11,13-18,20,24H,10,12H2,1-7H3/b19-11+/t20-,24+/m1/s1. The molecule has 0 N–H and O–H groups in total. The number of aldehydes is 1. The Labute approximate surface area is 172 Å². The molecule has 2 aromatic carbocycles. The highest BCUT2D eigenvalue weighted by Gasteiger charge is 2.40. The zero-order chi connectivity index (χ0) is 20.9. The van der Waals surface area contributed by atoms with Gasteiger partial charge in [0.1, 0.15) is 6.29 Å². The summed E-state index contributed by atoms with van der Waals surface area (Å²) in [6.45, 7) is 15.3. The lowest BCUT2D eigenvalue weighted by atomic mass is 9.97. The van der Waals surface area contributed by atoms with E-state index < -0.39 is 8.32 Å². The van der Waals surface area contributed by atoms with E-state index in [1.807, 2.05) is 6.92 Å². The van der Waals surface area contributed by atoms with Gasteiger partial charge in [-0.1, -0.05) is 76.2 Å². The van der Waals surface area contributed by atoms with E-state index in [-0.39, 0.29) is 17.1 Å². The quantitative estimate of drug-likeness (QED) is 0.274. The molecular formula is C25H36O2Si. The molecule has 0 fully saturated rings. The highest BCUT2D eigenvalue weighted by Crippen LogP contribution is 2.39. The minimum Gasteiger partial charge on any atom is -0.410 e. The van der Waals surface area contributed by atoms with Gasteiger partial charge in [-0.3, -0.25) is 0 Å². The molecule has 0 unspecified atom stereocenters. The average Bonchev–Trinajstić information content (AvgIpc) is 2.64. The van der Waals surface area contributed by atoms with Gasteiger partial charge in [0.25, 0.3) is 0 Å². The molecule has 0 radical (unpaired) electrons. The minimum absolute atomic E-state index is 0.124. The third-order valence-electron chi connectivity index (χ3n) is 6.08. The zero-order valence-corrected chi connectivity index (χ0v) is 19.6. The number of hydrogen-bond acceptors (Lipinski definition) is 2. The molecule has 0 bridgehead atoms. The van der Waals surface area contributed by atoms with Crippen LogP contribution >= 0.6 is 0 Å². The van der Waals surface area contributed by atoms with Crippen molar-refractivity contribution in [3.8, 4) is 0 Å². The maximum absolute atomic E-state index is 11.5. The lowest BCUT2D eigenvalue weighted by Gasteiger charge is -2.40. The van der Waals surface area contributed by atoms with E-state index in [0.717, 1.165) is 19.1 Å². The van der Waals surface area contributed by atoms with Gasteiger partial charge in [0, 0.05) is 5.92 Å². The highest BCUT2D eigenvalue weighted by atomic mass is 28.4. The van der Waals surface area contributed by atoms with E-state index in [2.05, 4.69) is 89.3 Å². The number of rotatable bonds is 8. The fraction of sp³-hybridized carbons (Fsp3) is 0.480. The van der Waals surface area contributed by atoms with E-state index in [9.17, 15) is 4.79 Å². The van der Waals surface area contributed by atoms with Gasteiger partial charge >= 0.3 is 0 Å². The Morgan fingerprint density at radius 3 is 2.36 bits per heavy atom. The van der Waals surface area contributed by atoms with Crippen molar-refractivity contribution in [2.75, 3.05) is 0 Å². The number of carbonyl (C=O) groups excluding carboxylic acids is 1. The predicted molar refractivity (Wildman–Crippen MR) is 123 cm³/mol. The first-order chi connectivity index (χ1) is 13.0. The maximum Gasteiger partial charge on any atom is 0.192 e. The summed E-state index contributed by atoms with van der Waals surface area (Å²) in [5.74, 6) is -0.133. The van der Waals surface area contributed by atoms with Crippen molar-refractivity contribution in [2.24, 2.45) is 5.92 Å². The molecule has 0 aromatic heterocycles. The van der Waals surface area contributed by atoms with Gasteiger partial charge in [-0.05, 0) is 59.8 Å². The third-order valence-corrected chi connectivity index (χ3v) is 10.5. The van der Waals surface area contributed by atoms with E-state index >= 15 is 0 Å². The molecule has 0 amide bonds. The summed E-state index contributed by atoms with van der Waals surface area (Å²) in [7, 11) is -1.94. The number of carbonyl (C=O) groups is 1. The monoisotopic (exact) mass is 396 g/mol. The van der Waals surface area contributed by atoms with Crippen LogP contribution in [0.5, 0.6) is 0 Å². The first-order valence-electron chi connectivity index (χ1n) is 10.3. The molecule has 3 heteroatoms. The minimum atomic E-state index is -1.94. The molecule has 2 atom stereocenters. The molecule has 0 saturated carbocycles. The maximum atomic E-state index is 11.5. The summed E-state index contributed by atoms with van der Waals surface area (Å²) in [6.07, 6.45) is 5.10. The van der Waals surface area contributed by atoms with Gasteiger partial charge in [-0.15, -0.1) is 0 Å². The molecule has 28 heavy (non-hydrogen) atoms. The Morgan fingerprint density at radius 1 is 1.11 bits per heavy atom. The van der Waals surface area contributed by atoms with Crippen LogP contribution in [-0.2, 0) is 15.6 Å². The number of allylic oxidation sites excluding steroid dienone is 1. The van der Waals surface area contributed by atoms with Crippen LogP contribution in [0.2, 0.25) is 18.1 Å². The zero-order valence-electron chi connectivity index (χ0n) is 18.6. The van der Waals surface area contributed by atoms with Crippen LogP contribution in [0.1, 0.15) is 46.6 Å². The molecule has 0 aliphatic heterocycles. The van der Waals surface area contributed by atoms with Crippen molar-refractivity contribution in [1.29, 1.82) is 0 Å². The number of fused-ring (bicyclic) bond motifs is 1. The van der Waals surface area contributed by atoms with Crippen molar-refractivity contribution in [3.63, 3.8) is 0 Å². The van der Waals surface area contributed by atoms with Crippen molar-refractivity contribution in [1.82, 2.24) is 0 Å². The second-order valence-corrected chi connectivity index (χ2v) is 14.2. The number of benzene rings is 2. The first-order valence-corrected chi connectivity index (χ1v) is 13.2. The summed E-state index contributed by atoms with van der Waals surface area (Å²) >= 11 is 0. The highest BCUT2D eigenvalue weighted by molar-refractivity contribution is 6.74. The first kappa shape index (κ1) is 22.6. The molecule has 2 rings (SSSR count). The van der Waals surface area contributed by atoms with Gasteiger partial charge in [-0.25, -0.2) is 0 Å². The van der Waals surface area contributed by atoms with Gasteiger partial charge in [0.15, 0.2) is 8.32 Å². The smallest absolute Gasteiger partial charge is 0.192 e. The second-order valence-electron chi connectivity index (χ2n) is 9.46. The van der Waals surface area contributed by atoms with Crippen molar-refractivity contribution in [3.05, 3.63) is 59.7 Å². The van der Waals surface area contributed by atoms with Crippen molar-refractivity contribution >= 4 is 25.4 Å². The van der Waals surface area contributed by atoms with Gasteiger partial charge < -0.3 is 9.22 Å². The van der Waals surface area contributed by atoms with Crippen LogP contribution in [0, 0.1) is 5.92 Å². The van der Waals surface area contributed by atoms with Gasteiger partial charge in [-0.2, -0.15) is 0 Å². The molecule has 0 spiro atoms. The topological polar surface area (TPSA) is 26.3 Å². The van der Waals surface area contributed by atoms with E-state index in [4.69, 9.17) is 4.43 Å². The average molecular weight is 397 g/mol. The summed E-state index contributed by atoms with van der Waals surface area (Å²) in [4.78, 5) is 11.5. The number of aryl methyl sites for hydroxylation is 1. The fourth-order valence-electron chi connectivity index (χ4n) is 3.16. The summed E-state index contributed by atoms with van der Waals surface area (Å²) in [5, 5.41) is 2.69. The van der Waals surface area contributed by atoms with E-state index in [0.29, 0.717) is 0 Å². The molecule has 2 aromatic rings. The molecule has 0 aliphatic rings. The lowest BCUT2D eigenvalue weighted by molar-refractivity contribution is -0.112. The molecular weight excluding hydrogens is 360 g/mol. The lowest BCUT2D eigenvalue weighted by Crippen LogP contribution is -2.46. The Morgan fingerprint density at radius 2 is 1.75 bits per heavy atom. The van der Waals surface area contributed by atoms with Crippen molar-refractivity contribution in [2.45, 2.75) is 71.7 Å². The van der Waals surface area contributed by atoms with Crippen LogP contribution in [0.4, 0.5) is 0 Å². The second kappa shape index (κ2) is 9.19. The molecule has 0 saturated heterocycles. The third kappa shape index (κ3) is 5.65.